The van der Waals surface area contributed by atoms with Gasteiger partial charge in [-0.15, -0.1) is 0 Å². The predicted octanol–water partition coefficient (Wildman–Crippen LogP) is 3.86. The number of carbonyl (C=O) groups is 2. The summed E-state index contributed by atoms with van der Waals surface area (Å²) in [6.45, 7) is 16.4. The largest absolute Gasteiger partial charge is 0.451 e. The van der Waals surface area contributed by atoms with E-state index < -0.39 is 5.97 Å². The maximum Gasteiger partial charge on any atom is 0.349 e. The summed E-state index contributed by atoms with van der Waals surface area (Å²) in [6, 6.07) is 3.86. The molecule has 0 bridgehead atoms. The van der Waals surface area contributed by atoms with Crippen LogP contribution >= 0.6 is 0 Å². The quantitative estimate of drug-likeness (QED) is 0.386. The number of aryl methyl sites for hydroxylation is 1. The highest BCUT2D eigenvalue weighted by molar-refractivity contribution is 5.99. The molecular formula is C22H33N3O3. The molecule has 0 fully saturated rings. The van der Waals surface area contributed by atoms with Gasteiger partial charge in [-0.25, -0.2) is 4.79 Å². The van der Waals surface area contributed by atoms with Crippen molar-refractivity contribution in [2.24, 2.45) is 5.92 Å². The number of hydrogen-bond donors (Lipinski definition) is 0. The summed E-state index contributed by atoms with van der Waals surface area (Å²) in [5.74, 6) is -0.569. The summed E-state index contributed by atoms with van der Waals surface area (Å²) >= 11 is 0. The molecule has 0 aliphatic heterocycles. The fourth-order valence-corrected chi connectivity index (χ4v) is 3.36. The lowest BCUT2D eigenvalue weighted by atomic mass is 10.1. The van der Waals surface area contributed by atoms with E-state index in [0.29, 0.717) is 5.92 Å². The third kappa shape index (κ3) is 5.98. The molecule has 0 radical (unpaired) electrons. The number of rotatable bonds is 8. The van der Waals surface area contributed by atoms with E-state index in [2.05, 4.69) is 18.4 Å². The van der Waals surface area contributed by atoms with E-state index in [-0.39, 0.29) is 30.2 Å². The van der Waals surface area contributed by atoms with Gasteiger partial charge in [0, 0.05) is 30.0 Å². The molecule has 1 heterocycles. The van der Waals surface area contributed by atoms with Gasteiger partial charge >= 0.3 is 5.97 Å². The van der Waals surface area contributed by atoms with Crippen molar-refractivity contribution < 1.29 is 14.3 Å². The average Bonchev–Trinajstić information content (AvgIpc) is 2.83. The maximum atomic E-state index is 12.3. The molecule has 0 aromatic carbocycles. The summed E-state index contributed by atoms with van der Waals surface area (Å²) in [5, 5.41) is 9.40. The van der Waals surface area contributed by atoms with Crippen LogP contribution in [0.2, 0.25) is 0 Å². The molecule has 0 atom stereocenters. The molecule has 0 saturated carbocycles. The van der Waals surface area contributed by atoms with Gasteiger partial charge in [-0.2, -0.15) is 5.26 Å². The molecule has 0 saturated heterocycles. The first-order valence-electron chi connectivity index (χ1n) is 9.76. The van der Waals surface area contributed by atoms with Crippen LogP contribution in [0.4, 0.5) is 0 Å². The fraction of sp³-hybridized carbons (Fsp3) is 0.591. The number of nitrogens with zero attached hydrogens (tertiary/aromatic N) is 3. The van der Waals surface area contributed by atoms with Gasteiger partial charge in [-0.1, -0.05) is 13.8 Å². The lowest BCUT2D eigenvalue weighted by molar-refractivity contribution is -0.150. The lowest BCUT2D eigenvalue weighted by Gasteiger charge is -2.30. The lowest BCUT2D eigenvalue weighted by Crippen LogP contribution is -2.44. The third-order valence-electron chi connectivity index (χ3n) is 4.53. The van der Waals surface area contributed by atoms with Crippen molar-refractivity contribution in [3.8, 4) is 6.07 Å². The minimum absolute atomic E-state index is 0.00327. The fourth-order valence-electron chi connectivity index (χ4n) is 3.36. The standard InChI is InChI=1S/C22H33N3O3/c1-14(2)12-24-17(7)9-19(18(24)8)10-20(11-23)22(27)28-13-21(26)25(15(3)4)16(5)6/h9-10,14-16H,12-13H2,1-8H3/b20-10+. The number of nitriles is 1. The first kappa shape index (κ1) is 23.5. The van der Waals surface area contributed by atoms with E-state index in [9.17, 15) is 14.9 Å². The Kier molecular flexibility index (Phi) is 8.49. The minimum Gasteiger partial charge on any atom is -0.451 e. The number of ether oxygens (including phenoxy) is 1. The molecule has 6 heteroatoms. The zero-order valence-corrected chi connectivity index (χ0v) is 18.4. The molecule has 154 valence electrons. The zero-order valence-electron chi connectivity index (χ0n) is 18.4. The zero-order chi connectivity index (χ0) is 21.6. The van der Waals surface area contributed by atoms with Crippen LogP contribution in [0.25, 0.3) is 6.08 Å². The molecule has 0 aliphatic carbocycles. The number of carbonyl (C=O) groups excluding carboxylic acids is 2. The van der Waals surface area contributed by atoms with Crippen molar-refractivity contribution in [2.45, 2.75) is 74.0 Å². The Morgan fingerprint density at radius 2 is 1.75 bits per heavy atom. The Hall–Kier alpha value is -2.55. The van der Waals surface area contributed by atoms with Crippen LogP contribution in [0.1, 0.15) is 58.5 Å². The number of amides is 1. The molecule has 1 aromatic rings. The van der Waals surface area contributed by atoms with Gasteiger partial charge in [-0.05, 0) is 65.2 Å². The van der Waals surface area contributed by atoms with Crippen LogP contribution in [0.3, 0.4) is 0 Å². The molecular weight excluding hydrogens is 354 g/mol. The highest BCUT2D eigenvalue weighted by atomic mass is 16.5. The summed E-state index contributed by atoms with van der Waals surface area (Å²) < 4.78 is 7.29. The van der Waals surface area contributed by atoms with E-state index in [1.54, 1.807) is 4.90 Å². The summed E-state index contributed by atoms with van der Waals surface area (Å²) in [7, 11) is 0. The normalized spacial score (nSPS) is 11.9. The Labute approximate surface area is 168 Å². The van der Waals surface area contributed by atoms with Crippen molar-refractivity contribution in [3.05, 3.63) is 28.6 Å². The number of aromatic nitrogens is 1. The van der Waals surface area contributed by atoms with E-state index in [1.165, 1.54) is 6.08 Å². The van der Waals surface area contributed by atoms with Crippen molar-refractivity contribution in [1.29, 1.82) is 5.26 Å². The molecule has 28 heavy (non-hydrogen) atoms. The second-order valence-electron chi connectivity index (χ2n) is 8.07. The molecule has 0 unspecified atom stereocenters. The van der Waals surface area contributed by atoms with Crippen LogP contribution in [0, 0.1) is 31.1 Å². The van der Waals surface area contributed by atoms with Gasteiger partial charge in [0.15, 0.2) is 6.61 Å². The van der Waals surface area contributed by atoms with Crippen molar-refractivity contribution in [1.82, 2.24) is 9.47 Å². The number of esters is 1. The summed E-state index contributed by atoms with van der Waals surface area (Å²) in [5.41, 5.74) is 2.76. The van der Waals surface area contributed by atoms with E-state index >= 15 is 0 Å². The van der Waals surface area contributed by atoms with Crippen LogP contribution < -0.4 is 0 Å². The molecule has 0 aliphatic rings. The third-order valence-corrected chi connectivity index (χ3v) is 4.53. The smallest absolute Gasteiger partial charge is 0.349 e. The van der Waals surface area contributed by atoms with Gasteiger partial charge in [0.05, 0.1) is 0 Å². The SMILES string of the molecule is Cc1cc(/C=C(\C#N)C(=O)OCC(=O)N(C(C)C)C(C)C)c(C)n1CC(C)C. The Balaban J connectivity index is 2.95. The molecule has 0 spiro atoms. The Bertz CT molecular complexity index is 772. The van der Waals surface area contributed by atoms with Crippen molar-refractivity contribution >= 4 is 18.0 Å². The number of hydrogen-bond acceptors (Lipinski definition) is 4. The van der Waals surface area contributed by atoms with Crippen LogP contribution in [-0.2, 0) is 20.9 Å². The highest BCUT2D eigenvalue weighted by Gasteiger charge is 2.22. The Morgan fingerprint density at radius 3 is 2.21 bits per heavy atom. The second kappa shape index (κ2) is 10.1. The minimum atomic E-state index is -0.781. The summed E-state index contributed by atoms with van der Waals surface area (Å²) in [4.78, 5) is 26.3. The van der Waals surface area contributed by atoms with Gasteiger partial charge in [0.1, 0.15) is 11.6 Å². The van der Waals surface area contributed by atoms with Gasteiger partial charge in [-0.3, -0.25) is 4.79 Å². The monoisotopic (exact) mass is 387 g/mol. The van der Waals surface area contributed by atoms with Gasteiger partial charge in [0.25, 0.3) is 5.91 Å². The Morgan fingerprint density at radius 1 is 1.18 bits per heavy atom. The van der Waals surface area contributed by atoms with E-state index in [0.717, 1.165) is 23.5 Å². The second-order valence-corrected chi connectivity index (χ2v) is 8.07. The topological polar surface area (TPSA) is 75.3 Å². The first-order valence-corrected chi connectivity index (χ1v) is 9.76. The van der Waals surface area contributed by atoms with E-state index in [4.69, 9.17) is 4.74 Å². The van der Waals surface area contributed by atoms with Gasteiger partial charge < -0.3 is 14.2 Å². The molecule has 1 rings (SSSR count). The van der Waals surface area contributed by atoms with Gasteiger partial charge in [0.2, 0.25) is 0 Å². The first-order chi connectivity index (χ1) is 13.0. The van der Waals surface area contributed by atoms with Crippen molar-refractivity contribution in [3.63, 3.8) is 0 Å². The molecule has 0 N–H and O–H groups in total. The molecule has 6 nitrogen and oxygen atoms in total. The van der Waals surface area contributed by atoms with E-state index in [1.807, 2.05) is 53.7 Å². The highest BCUT2D eigenvalue weighted by Crippen LogP contribution is 2.20. The summed E-state index contributed by atoms with van der Waals surface area (Å²) in [6.07, 6.45) is 1.54. The van der Waals surface area contributed by atoms with Crippen LogP contribution in [0.5, 0.6) is 0 Å². The maximum absolute atomic E-state index is 12.3. The molecule has 1 aromatic heterocycles. The average molecular weight is 388 g/mol. The van der Waals surface area contributed by atoms with Crippen molar-refractivity contribution in [2.75, 3.05) is 6.61 Å². The predicted molar refractivity (Wildman–Crippen MR) is 110 cm³/mol. The molecule has 1 amide bonds. The van der Waals surface area contributed by atoms with Crippen LogP contribution in [0.15, 0.2) is 11.6 Å². The van der Waals surface area contributed by atoms with Crippen LogP contribution in [-0.4, -0.2) is 40.0 Å².